The van der Waals surface area contributed by atoms with Gasteiger partial charge in [0.25, 0.3) is 0 Å². The van der Waals surface area contributed by atoms with E-state index < -0.39 is 0 Å². The quantitative estimate of drug-likeness (QED) is 0.547. The second-order valence-corrected chi connectivity index (χ2v) is 2.47. The summed E-state index contributed by atoms with van der Waals surface area (Å²) in [5.41, 5.74) is 0. The summed E-state index contributed by atoms with van der Waals surface area (Å²) in [4.78, 5) is 13.7. The minimum Gasteiger partial charge on any atom is -0.314 e. The van der Waals surface area contributed by atoms with Crippen molar-refractivity contribution in [2.45, 2.75) is 13.3 Å². The molecule has 0 aliphatic rings. The molecule has 0 unspecified atom stereocenters. The lowest BCUT2D eigenvalue weighted by molar-refractivity contribution is -0.108. The fourth-order valence-electron chi connectivity index (χ4n) is 0.326. The maximum Gasteiger partial charge on any atom is 0.212 e. The maximum atomic E-state index is 9.83. The number of aliphatic imine (C=N–C) groups is 1. The van der Waals surface area contributed by atoms with Gasteiger partial charge in [-0.1, -0.05) is 13.5 Å². The van der Waals surface area contributed by atoms with Crippen molar-refractivity contribution in [1.29, 1.82) is 0 Å². The van der Waals surface area contributed by atoms with Gasteiger partial charge in [0.2, 0.25) is 6.41 Å². The van der Waals surface area contributed by atoms with E-state index in [1.807, 2.05) is 6.92 Å². The molecule has 0 saturated heterocycles. The van der Waals surface area contributed by atoms with Crippen LogP contribution >= 0.6 is 15.9 Å². The molecule has 0 rings (SSSR count). The van der Waals surface area contributed by atoms with E-state index in [1.165, 1.54) is 0 Å². The van der Waals surface area contributed by atoms with Crippen LogP contribution in [0.15, 0.2) is 17.4 Å². The zero-order chi connectivity index (χ0) is 7.98. The number of halogens is 1. The number of carbonyl (C=O) groups excluding carboxylic acids is 1. The van der Waals surface area contributed by atoms with Gasteiger partial charge in [-0.15, -0.1) is 0 Å². The number of nitrogens with zero attached hydrogens (tertiary/aromatic N) is 1. The van der Waals surface area contributed by atoms with E-state index in [1.54, 1.807) is 0 Å². The van der Waals surface area contributed by atoms with Gasteiger partial charge in [0.15, 0.2) is 0 Å². The average Bonchev–Trinajstić information content (AvgIpc) is 1.88. The van der Waals surface area contributed by atoms with Crippen molar-refractivity contribution < 1.29 is 4.79 Å². The Morgan fingerprint density at radius 2 is 2.50 bits per heavy atom. The Bertz CT molecular complexity index is 165. The van der Waals surface area contributed by atoms with Crippen LogP contribution in [0.25, 0.3) is 0 Å². The number of hydrogen-bond acceptors (Lipinski definition) is 2. The highest BCUT2D eigenvalue weighted by Gasteiger charge is 1.89. The fraction of sp³-hybridized carbons (Fsp3) is 0.333. The molecule has 0 bridgehead atoms. The van der Waals surface area contributed by atoms with Gasteiger partial charge in [0.05, 0.1) is 4.62 Å². The van der Waals surface area contributed by atoms with E-state index >= 15 is 0 Å². The van der Waals surface area contributed by atoms with E-state index in [0.29, 0.717) is 12.2 Å². The third kappa shape index (κ3) is 4.26. The lowest BCUT2D eigenvalue weighted by Crippen LogP contribution is -2.07. The van der Waals surface area contributed by atoms with E-state index in [2.05, 4.69) is 32.8 Å². The first-order valence-electron chi connectivity index (χ1n) is 2.82. The standard InChI is InChI=1S/C6H9BrN2O/c1-3-6(7)9-5(2)8-4-10/h4H,2-3H2,1H3,(H,8,10)/b9-6+. The Labute approximate surface area is 68.3 Å². The van der Waals surface area contributed by atoms with Gasteiger partial charge < -0.3 is 5.32 Å². The van der Waals surface area contributed by atoms with Crippen molar-refractivity contribution in [3.05, 3.63) is 12.4 Å². The predicted octanol–water partition coefficient (Wildman–Crippen LogP) is 1.41. The molecule has 0 atom stereocenters. The first-order valence-corrected chi connectivity index (χ1v) is 3.62. The molecule has 0 aromatic heterocycles. The summed E-state index contributed by atoms with van der Waals surface area (Å²) >= 11 is 3.18. The zero-order valence-corrected chi connectivity index (χ0v) is 7.31. The third-order valence-corrected chi connectivity index (χ3v) is 1.51. The largest absolute Gasteiger partial charge is 0.314 e. The van der Waals surface area contributed by atoms with Gasteiger partial charge in [0.1, 0.15) is 5.82 Å². The van der Waals surface area contributed by atoms with Gasteiger partial charge in [-0.2, -0.15) is 0 Å². The van der Waals surface area contributed by atoms with Gasteiger partial charge in [-0.25, -0.2) is 4.99 Å². The van der Waals surface area contributed by atoms with Crippen molar-refractivity contribution >= 4 is 27.0 Å². The number of amides is 1. The van der Waals surface area contributed by atoms with Crippen LogP contribution in [0.3, 0.4) is 0 Å². The number of hydrogen-bond donors (Lipinski definition) is 1. The van der Waals surface area contributed by atoms with Crippen molar-refractivity contribution in [3.63, 3.8) is 0 Å². The lowest BCUT2D eigenvalue weighted by Gasteiger charge is -1.95. The molecule has 1 amide bonds. The van der Waals surface area contributed by atoms with Crippen molar-refractivity contribution in [3.8, 4) is 0 Å². The van der Waals surface area contributed by atoms with Gasteiger partial charge in [-0.05, 0) is 22.4 Å². The summed E-state index contributed by atoms with van der Waals surface area (Å²) in [6, 6.07) is 0. The van der Waals surface area contributed by atoms with E-state index in [9.17, 15) is 4.79 Å². The molecule has 0 aliphatic carbocycles. The molecule has 0 heterocycles. The molecule has 0 spiro atoms. The Hall–Kier alpha value is -0.640. The van der Waals surface area contributed by atoms with Crippen LogP contribution in [0.4, 0.5) is 0 Å². The van der Waals surface area contributed by atoms with E-state index in [-0.39, 0.29) is 0 Å². The van der Waals surface area contributed by atoms with Crippen LogP contribution < -0.4 is 5.32 Å². The number of nitrogens with one attached hydrogen (secondary N) is 1. The van der Waals surface area contributed by atoms with Gasteiger partial charge in [-0.3, -0.25) is 4.79 Å². The van der Waals surface area contributed by atoms with Crippen LogP contribution in [0.2, 0.25) is 0 Å². The molecule has 10 heavy (non-hydrogen) atoms. The average molecular weight is 205 g/mol. The zero-order valence-electron chi connectivity index (χ0n) is 5.72. The molecule has 0 aromatic carbocycles. The molecule has 1 N–H and O–H groups in total. The first-order chi connectivity index (χ1) is 4.70. The minimum absolute atomic E-state index is 0.351. The number of carbonyl (C=O) groups is 1. The summed E-state index contributed by atoms with van der Waals surface area (Å²) in [6.45, 7) is 5.42. The van der Waals surface area contributed by atoms with Crippen LogP contribution in [0.1, 0.15) is 13.3 Å². The summed E-state index contributed by atoms with van der Waals surface area (Å²) in [5.74, 6) is 0.351. The monoisotopic (exact) mass is 204 g/mol. The van der Waals surface area contributed by atoms with Crippen molar-refractivity contribution in [2.75, 3.05) is 0 Å². The summed E-state index contributed by atoms with van der Waals surface area (Å²) in [7, 11) is 0. The summed E-state index contributed by atoms with van der Waals surface area (Å²) in [6.07, 6.45) is 1.33. The molecule has 56 valence electrons. The second kappa shape index (κ2) is 5.17. The first kappa shape index (κ1) is 9.36. The molecule has 4 heteroatoms. The van der Waals surface area contributed by atoms with Crippen LogP contribution in [-0.4, -0.2) is 11.0 Å². The molecule has 0 aliphatic heterocycles. The van der Waals surface area contributed by atoms with Crippen molar-refractivity contribution in [1.82, 2.24) is 5.32 Å². The lowest BCUT2D eigenvalue weighted by atomic mass is 10.5. The van der Waals surface area contributed by atoms with Gasteiger partial charge >= 0.3 is 0 Å². The van der Waals surface area contributed by atoms with Crippen LogP contribution in [0.5, 0.6) is 0 Å². The number of rotatable bonds is 4. The van der Waals surface area contributed by atoms with Gasteiger partial charge in [0, 0.05) is 0 Å². The highest BCUT2D eigenvalue weighted by atomic mass is 79.9. The summed E-state index contributed by atoms with van der Waals surface area (Å²) < 4.78 is 0.770. The minimum atomic E-state index is 0.351. The molecule has 0 saturated carbocycles. The smallest absolute Gasteiger partial charge is 0.212 e. The molecular weight excluding hydrogens is 196 g/mol. The Kier molecular flexibility index (Phi) is 4.84. The molecule has 0 fully saturated rings. The summed E-state index contributed by atoms with van der Waals surface area (Å²) in [5, 5.41) is 2.32. The third-order valence-electron chi connectivity index (χ3n) is 0.774. The van der Waals surface area contributed by atoms with Crippen LogP contribution in [-0.2, 0) is 4.79 Å². The Morgan fingerprint density at radius 1 is 1.90 bits per heavy atom. The molecule has 0 aromatic rings. The molecule has 3 nitrogen and oxygen atoms in total. The maximum absolute atomic E-state index is 9.83. The SMILES string of the molecule is C=C(/N=C(/Br)CC)NC=O. The Balaban J connectivity index is 3.86. The normalized spacial score (nSPS) is 10.8. The topological polar surface area (TPSA) is 41.5 Å². The highest BCUT2D eigenvalue weighted by Crippen LogP contribution is 1.98. The molecule has 0 radical (unpaired) electrons. The Morgan fingerprint density at radius 3 is 2.90 bits per heavy atom. The highest BCUT2D eigenvalue weighted by molar-refractivity contribution is 9.18. The predicted molar refractivity (Wildman–Crippen MR) is 45.0 cm³/mol. The second-order valence-electron chi connectivity index (χ2n) is 1.55. The molecular formula is C6H9BrN2O. The van der Waals surface area contributed by atoms with E-state index in [0.717, 1.165) is 11.0 Å². The van der Waals surface area contributed by atoms with Crippen LogP contribution in [0, 0.1) is 0 Å². The van der Waals surface area contributed by atoms with Crippen molar-refractivity contribution in [2.24, 2.45) is 4.99 Å². The van der Waals surface area contributed by atoms with E-state index in [4.69, 9.17) is 0 Å². The fourth-order valence-corrected chi connectivity index (χ4v) is 0.540.